The SMILES string of the molecule is CC(C)CNC(=O)c1coc(CN(Cc2ccccc2)Cc2ccc(Cl)cc2)n1. The van der Waals surface area contributed by atoms with Crippen LogP contribution in [0.3, 0.4) is 0 Å². The van der Waals surface area contributed by atoms with Crippen molar-refractivity contribution in [3.63, 3.8) is 0 Å². The largest absolute Gasteiger partial charge is 0.447 e. The first kappa shape index (κ1) is 21.1. The third kappa shape index (κ3) is 6.73. The smallest absolute Gasteiger partial charge is 0.273 e. The Bertz CT molecular complexity index is 907. The molecule has 1 heterocycles. The van der Waals surface area contributed by atoms with Gasteiger partial charge in [0.05, 0.1) is 6.54 Å². The van der Waals surface area contributed by atoms with Gasteiger partial charge in [0.25, 0.3) is 5.91 Å². The Morgan fingerprint density at radius 2 is 1.69 bits per heavy atom. The molecule has 3 rings (SSSR count). The summed E-state index contributed by atoms with van der Waals surface area (Å²) in [6.07, 6.45) is 1.42. The average Bonchev–Trinajstić information content (AvgIpc) is 3.17. The standard InChI is InChI=1S/C23H26ClN3O2/c1-17(2)12-25-23(28)21-16-29-22(26-21)15-27(13-18-6-4-3-5-7-18)14-19-8-10-20(24)11-9-19/h3-11,16-17H,12-15H2,1-2H3,(H,25,28). The molecule has 0 bridgehead atoms. The fourth-order valence-corrected chi connectivity index (χ4v) is 3.05. The number of hydrogen-bond acceptors (Lipinski definition) is 4. The molecule has 0 aliphatic carbocycles. The topological polar surface area (TPSA) is 58.4 Å². The molecule has 0 atom stereocenters. The van der Waals surface area contributed by atoms with E-state index in [1.165, 1.54) is 11.8 Å². The highest BCUT2D eigenvalue weighted by Crippen LogP contribution is 2.16. The summed E-state index contributed by atoms with van der Waals surface area (Å²) in [5, 5.41) is 3.58. The minimum Gasteiger partial charge on any atom is -0.447 e. The van der Waals surface area contributed by atoms with Gasteiger partial charge in [-0.05, 0) is 29.2 Å². The zero-order chi connectivity index (χ0) is 20.6. The van der Waals surface area contributed by atoms with Gasteiger partial charge in [-0.3, -0.25) is 9.69 Å². The highest BCUT2D eigenvalue weighted by molar-refractivity contribution is 6.30. The second kappa shape index (κ2) is 10.2. The second-order valence-corrected chi connectivity index (χ2v) is 7.92. The third-order valence-corrected chi connectivity index (χ3v) is 4.63. The van der Waals surface area contributed by atoms with E-state index in [9.17, 15) is 4.79 Å². The van der Waals surface area contributed by atoms with E-state index in [0.29, 0.717) is 42.2 Å². The molecule has 6 heteroatoms. The summed E-state index contributed by atoms with van der Waals surface area (Å²) in [5.41, 5.74) is 2.65. The number of nitrogens with zero attached hydrogens (tertiary/aromatic N) is 2. The Morgan fingerprint density at radius 1 is 1.03 bits per heavy atom. The lowest BCUT2D eigenvalue weighted by molar-refractivity contribution is 0.0944. The molecule has 5 nitrogen and oxygen atoms in total. The van der Waals surface area contributed by atoms with E-state index in [2.05, 4.69) is 27.3 Å². The van der Waals surface area contributed by atoms with Crippen LogP contribution in [0.15, 0.2) is 65.3 Å². The lowest BCUT2D eigenvalue weighted by atomic mass is 10.1. The Labute approximate surface area is 176 Å². The number of carbonyl (C=O) groups is 1. The van der Waals surface area contributed by atoms with Gasteiger partial charge < -0.3 is 9.73 Å². The van der Waals surface area contributed by atoms with Crippen LogP contribution in [0.4, 0.5) is 0 Å². The highest BCUT2D eigenvalue weighted by atomic mass is 35.5. The van der Waals surface area contributed by atoms with Crippen molar-refractivity contribution >= 4 is 17.5 Å². The normalized spacial score (nSPS) is 11.2. The molecular formula is C23H26ClN3O2. The van der Waals surface area contributed by atoms with E-state index < -0.39 is 0 Å². The lowest BCUT2D eigenvalue weighted by Gasteiger charge is -2.21. The van der Waals surface area contributed by atoms with Crippen LogP contribution in [0.2, 0.25) is 5.02 Å². The maximum atomic E-state index is 12.2. The molecule has 0 spiro atoms. The van der Waals surface area contributed by atoms with Crippen LogP contribution < -0.4 is 5.32 Å². The van der Waals surface area contributed by atoms with Gasteiger partial charge in [-0.25, -0.2) is 4.98 Å². The molecule has 0 fully saturated rings. The Morgan fingerprint density at radius 3 is 2.34 bits per heavy atom. The van der Waals surface area contributed by atoms with Crippen molar-refractivity contribution in [1.82, 2.24) is 15.2 Å². The number of nitrogens with one attached hydrogen (secondary N) is 1. The summed E-state index contributed by atoms with van der Waals surface area (Å²) in [6, 6.07) is 18.0. The Balaban J connectivity index is 1.70. The van der Waals surface area contributed by atoms with Gasteiger partial charge >= 0.3 is 0 Å². The first-order valence-corrected chi connectivity index (χ1v) is 10.1. The van der Waals surface area contributed by atoms with Crippen LogP contribution in [0.1, 0.15) is 41.4 Å². The summed E-state index contributed by atoms with van der Waals surface area (Å²) in [6.45, 7) is 6.65. The summed E-state index contributed by atoms with van der Waals surface area (Å²) >= 11 is 6.01. The van der Waals surface area contributed by atoms with E-state index in [1.54, 1.807) is 0 Å². The number of oxazole rings is 1. The van der Waals surface area contributed by atoms with Crippen molar-refractivity contribution in [3.8, 4) is 0 Å². The van der Waals surface area contributed by atoms with E-state index >= 15 is 0 Å². The van der Waals surface area contributed by atoms with Gasteiger partial charge in [0.2, 0.25) is 5.89 Å². The zero-order valence-electron chi connectivity index (χ0n) is 16.8. The number of amides is 1. The summed E-state index contributed by atoms with van der Waals surface area (Å²) in [7, 11) is 0. The summed E-state index contributed by atoms with van der Waals surface area (Å²) < 4.78 is 5.58. The number of aromatic nitrogens is 1. The van der Waals surface area contributed by atoms with E-state index in [-0.39, 0.29) is 5.91 Å². The molecule has 152 valence electrons. The fraction of sp³-hybridized carbons (Fsp3) is 0.304. The first-order valence-electron chi connectivity index (χ1n) is 9.73. The van der Waals surface area contributed by atoms with E-state index in [1.807, 2.05) is 56.3 Å². The molecule has 1 amide bonds. The van der Waals surface area contributed by atoms with Crippen LogP contribution in [0, 0.1) is 5.92 Å². The molecule has 2 aromatic carbocycles. The number of hydrogen-bond donors (Lipinski definition) is 1. The molecule has 3 aromatic rings. The highest BCUT2D eigenvalue weighted by Gasteiger charge is 2.16. The van der Waals surface area contributed by atoms with Crippen molar-refractivity contribution in [2.24, 2.45) is 5.92 Å². The van der Waals surface area contributed by atoms with Crippen molar-refractivity contribution in [2.75, 3.05) is 6.54 Å². The fourth-order valence-electron chi connectivity index (χ4n) is 2.92. The maximum Gasteiger partial charge on any atom is 0.273 e. The Kier molecular flexibility index (Phi) is 7.44. The van der Waals surface area contributed by atoms with Crippen LogP contribution in [0.25, 0.3) is 0 Å². The molecule has 0 aliphatic heterocycles. The molecule has 0 saturated carbocycles. The number of carbonyl (C=O) groups excluding carboxylic acids is 1. The van der Waals surface area contributed by atoms with Crippen molar-refractivity contribution in [2.45, 2.75) is 33.5 Å². The lowest BCUT2D eigenvalue weighted by Crippen LogP contribution is -2.27. The minimum absolute atomic E-state index is 0.207. The summed E-state index contributed by atoms with van der Waals surface area (Å²) in [5.74, 6) is 0.691. The van der Waals surface area contributed by atoms with Crippen LogP contribution >= 0.6 is 11.6 Å². The number of benzene rings is 2. The molecule has 1 N–H and O–H groups in total. The molecule has 0 saturated heterocycles. The quantitative estimate of drug-likeness (QED) is 0.543. The van der Waals surface area contributed by atoms with Gasteiger partial charge in [0.1, 0.15) is 6.26 Å². The monoisotopic (exact) mass is 411 g/mol. The third-order valence-electron chi connectivity index (χ3n) is 4.38. The predicted molar refractivity (Wildman–Crippen MR) is 115 cm³/mol. The number of halogens is 1. The first-order chi connectivity index (χ1) is 14.0. The Hall–Kier alpha value is -2.63. The molecule has 0 radical (unpaired) electrons. The van der Waals surface area contributed by atoms with Crippen LogP contribution in [-0.4, -0.2) is 22.3 Å². The predicted octanol–water partition coefficient (Wildman–Crippen LogP) is 4.92. The second-order valence-electron chi connectivity index (χ2n) is 7.49. The molecule has 1 aromatic heterocycles. The number of rotatable bonds is 9. The van der Waals surface area contributed by atoms with Gasteiger partial charge in [-0.2, -0.15) is 0 Å². The molecule has 29 heavy (non-hydrogen) atoms. The summed E-state index contributed by atoms with van der Waals surface area (Å²) in [4.78, 5) is 18.8. The molecular weight excluding hydrogens is 386 g/mol. The zero-order valence-corrected chi connectivity index (χ0v) is 17.5. The van der Waals surface area contributed by atoms with Gasteiger partial charge in [-0.15, -0.1) is 0 Å². The minimum atomic E-state index is -0.207. The van der Waals surface area contributed by atoms with Crippen LogP contribution in [-0.2, 0) is 19.6 Å². The average molecular weight is 412 g/mol. The van der Waals surface area contributed by atoms with Crippen molar-refractivity contribution < 1.29 is 9.21 Å². The molecule has 0 aliphatic rings. The van der Waals surface area contributed by atoms with Crippen molar-refractivity contribution in [3.05, 3.63) is 88.6 Å². The van der Waals surface area contributed by atoms with E-state index in [4.69, 9.17) is 16.0 Å². The van der Waals surface area contributed by atoms with Crippen LogP contribution in [0.5, 0.6) is 0 Å². The van der Waals surface area contributed by atoms with Gasteiger partial charge in [-0.1, -0.05) is 67.9 Å². The van der Waals surface area contributed by atoms with Gasteiger partial charge in [0.15, 0.2) is 5.69 Å². The van der Waals surface area contributed by atoms with Gasteiger partial charge in [0, 0.05) is 24.7 Å². The molecule has 0 unspecified atom stereocenters. The van der Waals surface area contributed by atoms with Crippen molar-refractivity contribution in [1.29, 1.82) is 0 Å². The maximum absolute atomic E-state index is 12.2. The van der Waals surface area contributed by atoms with E-state index in [0.717, 1.165) is 12.1 Å².